The van der Waals surface area contributed by atoms with Crippen LogP contribution in [0.2, 0.25) is 0 Å². The summed E-state index contributed by atoms with van der Waals surface area (Å²) in [7, 11) is 0. The van der Waals surface area contributed by atoms with Crippen molar-refractivity contribution < 1.29 is 15.3 Å². The Morgan fingerprint density at radius 2 is 1.87 bits per heavy atom. The first kappa shape index (κ1) is 24.7. The molecule has 3 saturated carbocycles. The minimum absolute atomic E-state index is 0.0238. The molecule has 0 amide bonds. The third-order valence-electron chi connectivity index (χ3n) is 8.65. The second-order valence-corrected chi connectivity index (χ2v) is 11.3. The largest absolute Gasteiger partial charge is 0.396 e. The second kappa shape index (κ2) is 10.8. The van der Waals surface area contributed by atoms with Crippen molar-refractivity contribution in [3.63, 3.8) is 0 Å². The molecule has 0 aromatic rings. The summed E-state index contributed by atoms with van der Waals surface area (Å²) in [6.45, 7) is 9.90. The van der Waals surface area contributed by atoms with Gasteiger partial charge in [0.05, 0.1) is 12.7 Å². The van der Waals surface area contributed by atoms with Crippen LogP contribution in [0.25, 0.3) is 0 Å². The zero-order valence-electron chi connectivity index (χ0n) is 20.3. The Hall–Kier alpha value is -0.900. The maximum Gasteiger partial charge on any atom is 0.0790 e. The van der Waals surface area contributed by atoms with E-state index in [0.717, 1.165) is 29.7 Å². The van der Waals surface area contributed by atoms with Crippen molar-refractivity contribution in [3.05, 3.63) is 34.9 Å². The van der Waals surface area contributed by atoms with E-state index in [-0.39, 0.29) is 19.1 Å². The van der Waals surface area contributed by atoms with Crippen LogP contribution in [0, 0.1) is 35.0 Å². The smallest absolute Gasteiger partial charge is 0.0790 e. The average molecular weight is 431 g/mol. The average Bonchev–Trinajstić information content (AvgIpc) is 3.08. The van der Waals surface area contributed by atoms with Crippen LogP contribution in [0.1, 0.15) is 85.5 Å². The first-order valence-corrected chi connectivity index (χ1v) is 12.8. The van der Waals surface area contributed by atoms with Gasteiger partial charge >= 0.3 is 0 Å². The molecular formula is C28H46O3. The van der Waals surface area contributed by atoms with Crippen LogP contribution in [-0.2, 0) is 0 Å². The van der Waals surface area contributed by atoms with Crippen LogP contribution < -0.4 is 0 Å². The van der Waals surface area contributed by atoms with Gasteiger partial charge in [-0.1, -0.05) is 57.1 Å². The van der Waals surface area contributed by atoms with Gasteiger partial charge in [-0.3, -0.25) is 0 Å². The molecule has 31 heavy (non-hydrogen) atoms. The number of allylic oxidation sites excluding steroid dienone is 3. The first-order valence-electron chi connectivity index (χ1n) is 12.8. The number of aliphatic hydroxyl groups excluding tert-OH is 3. The van der Waals surface area contributed by atoms with Crippen molar-refractivity contribution in [1.82, 2.24) is 0 Å². The van der Waals surface area contributed by atoms with Gasteiger partial charge < -0.3 is 15.3 Å². The van der Waals surface area contributed by atoms with Crippen molar-refractivity contribution in [2.24, 2.45) is 35.0 Å². The lowest BCUT2D eigenvalue weighted by Gasteiger charge is -2.44. The number of rotatable bonds is 7. The fraction of sp³-hybridized carbons (Fsp3) is 0.786. The van der Waals surface area contributed by atoms with Crippen molar-refractivity contribution in [2.75, 3.05) is 13.2 Å². The molecule has 3 rings (SSSR count). The van der Waals surface area contributed by atoms with Crippen LogP contribution >= 0.6 is 0 Å². The van der Waals surface area contributed by atoms with Crippen LogP contribution in [0.3, 0.4) is 0 Å². The number of fused-ring (bicyclic) bond motifs is 1. The molecule has 3 N–H and O–H groups in total. The molecule has 3 unspecified atom stereocenters. The van der Waals surface area contributed by atoms with Crippen LogP contribution in [0.4, 0.5) is 0 Å². The van der Waals surface area contributed by atoms with Gasteiger partial charge in [-0.05, 0) is 92.4 Å². The minimum Gasteiger partial charge on any atom is -0.396 e. The zero-order valence-corrected chi connectivity index (χ0v) is 20.3. The van der Waals surface area contributed by atoms with E-state index in [1.165, 1.54) is 44.1 Å². The molecule has 3 aliphatic rings. The third-order valence-corrected chi connectivity index (χ3v) is 8.65. The summed E-state index contributed by atoms with van der Waals surface area (Å²) in [6, 6.07) is 0. The Bertz CT molecular complexity index is 688. The van der Waals surface area contributed by atoms with E-state index < -0.39 is 6.10 Å². The summed E-state index contributed by atoms with van der Waals surface area (Å²) < 4.78 is 0. The summed E-state index contributed by atoms with van der Waals surface area (Å²) in [5.74, 6) is 3.10. The summed E-state index contributed by atoms with van der Waals surface area (Å²) in [5, 5.41) is 29.6. The maximum atomic E-state index is 10.6. The van der Waals surface area contributed by atoms with E-state index in [1.54, 1.807) is 5.57 Å². The summed E-state index contributed by atoms with van der Waals surface area (Å²) in [6.07, 6.45) is 15.9. The molecule has 6 atom stereocenters. The highest BCUT2D eigenvalue weighted by Crippen LogP contribution is 2.60. The number of hydrogen-bond acceptors (Lipinski definition) is 3. The predicted octanol–water partition coefficient (Wildman–Crippen LogP) is 5.81. The molecule has 0 spiro atoms. The normalized spacial score (nSPS) is 38.9. The Morgan fingerprint density at radius 1 is 1.10 bits per heavy atom. The second-order valence-electron chi connectivity index (χ2n) is 11.3. The number of hydrogen-bond donors (Lipinski definition) is 3. The summed E-state index contributed by atoms with van der Waals surface area (Å²) in [4.78, 5) is 0. The van der Waals surface area contributed by atoms with Crippen molar-refractivity contribution >= 4 is 0 Å². The van der Waals surface area contributed by atoms with E-state index in [9.17, 15) is 10.2 Å². The number of aliphatic hydroxyl groups is 3. The highest BCUT2D eigenvalue weighted by Gasteiger charge is 2.50. The van der Waals surface area contributed by atoms with Crippen molar-refractivity contribution in [2.45, 2.75) is 91.6 Å². The quantitative estimate of drug-likeness (QED) is 0.447. The first-order chi connectivity index (χ1) is 14.8. The zero-order chi connectivity index (χ0) is 22.6. The fourth-order valence-electron chi connectivity index (χ4n) is 7.34. The monoisotopic (exact) mass is 430 g/mol. The molecule has 176 valence electrons. The van der Waals surface area contributed by atoms with E-state index in [2.05, 4.69) is 39.8 Å². The van der Waals surface area contributed by atoms with Gasteiger partial charge in [0, 0.05) is 12.5 Å². The van der Waals surface area contributed by atoms with Gasteiger partial charge in [0.15, 0.2) is 0 Å². The molecule has 0 aromatic heterocycles. The standard InChI is InChI=1S/C28H46O3/c1-19(2)15-20(3)25-11-12-26-22(7-5-13-28(25,26)4)10-9-21-16-23(18-30)24(8-6-14-29)27(31)17-21/h8-10,19-20,23,25-27,29-31H,5-7,11-18H2,1-4H3/b21-9+,22-10+,24-8-/t20-,23?,25?,26?,27+,28+/m0/s1. The SMILES string of the molecule is CC(C)C[C@H](C)C1CCC2/C(=C/C=C3\CC(CO)/C(=C/CCO)[C@H](O)C3)CCC[C@@]21C. The lowest BCUT2D eigenvalue weighted by molar-refractivity contribution is 0.0893. The molecule has 0 aliphatic heterocycles. The van der Waals surface area contributed by atoms with E-state index in [0.29, 0.717) is 24.2 Å². The Morgan fingerprint density at radius 3 is 2.55 bits per heavy atom. The Labute approximate surface area is 190 Å². The molecule has 0 radical (unpaired) electrons. The highest BCUT2D eigenvalue weighted by molar-refractivity contribution is 5.30. The predicted molar refractivity (Wildman–Crippen MR) is 129 cm³/mol. The molecule has 0 bridgehead atoms. The van der Waals surface area contributed by atoms with Gasteiger partial charge in [-0.25, -0.2) is 0 Å². The highest BCUT2D eigenvalue weighted by atomic mass is 16.3. The van der Waals surface area contributed by atoms with E-state index >= 15 is 0 Å². The Balaban J connectivity index is 1.74. The molecule has 3 aliphatic carbocycles. The fourth-order valence-corrected chi connectivity index (χ4v) is 7.34. The maximum absolute atomic E-state index is 10.6. The van der Waals surface area contributed by atoms with Gasteiger partial charge in [-0.15, -0.1) is 0 Å². The third kappa shape index (κ3) is 5.54. The van der Waals surface area contributed by atoms with Crippen LogP contribution in [-0.4, -0.2) is 34.6 Å². The lowest BCUT2D eigenvalue weighted by atomic mass is 9.60. The van der Waals surface area contributed by atoms with Gasteiger partial charge in [0.1, 0.15) is 0 Å². The van der Waals surface area contributed by atoms with E-state index in [1.807, 2.05) is 6.08 Å². The molecule has 3 nitrogen and oxygen atoms in total. The van der Waals surface area contributed by atoms with Gasteiger partial charge in [0.2, 0.25) is 0 Å². The minimum atomic E-state index is -0.536. The molecule has 0 heterocycles. The van der Waals surface area contributed by atoms with Crippen LogP contribution in [0.15, 0.2) is 34.9 Å². The Kier molecular flexibility index (Phi) is 8.63. The molecule has 3 heteroatoms. The summed E-state index contributed by atoms with van der Waals surface area (Å²) >= 11 is 0. The van der Waals surface area contributed by atoms with E-state index in [4.69, 9.17) is 5.11 Å². The van der Waals surface area contributed by atoms with Gasteiger partial charge in [0.25, 0.3) is 0 Å². The molecule has 3 fully saturated rings. The molecular weight excluding hydrogens is 384 g/mol. The lowest BCUT2D eigenvalue weighted by Crippen LogP contribution is -2.36. The molecule has 0 aromatic carbocycles. The van der Waals surface area contributed by atoms with Crippen molar-refractivity contribution in [3.8, 4) is 0 Å². The van der Waals surface area contributed by atoms with Crippen molar-refractivity contribution in [1.29, 1.82) is 0 Å². The molecule has 0 saturated heterocycles. The topological polar surface area (TPSA) is 60.7 Å². The van der Waals surface area contributed by atoms with Crippen LogP contribution in [0.5, 0.6) is 0 Å². The summed E-state index contributed by atoms with van der Waals surface area (Å²) in [5.41, 5.74) is 4.22. The van der Waals surface area contributed by atoms with Gasteiger partial charge in [-0.2, -0.15) is 0 Å².